The molecular weight excluding hydrogens is 444 g/mol. The van der Waals surface area contributed by atoms with Crippen LogP contribution in [0.1, 0.15) is 54.1 Å². The second-order valence-corrected chi connectivity index (χ2v) is 9.54. The summed E-state index contributed by atoms with van der Waals surface area (Å²) in [5.74, 6) is 0.851. The molecule has 2 aromatic heterocycles. The predicted octanol–water partition coefficient (Wildman–Crippen LogP) is 3.89. The molecule has 5 rings (SSSR count). The van der Waals surface area contributed by atoms with Gasteiger partial charge in [0, 0.05) is 43.8 Å². The topological polar surface area (TPSA) is 116 Å². The van der Waals surface area contributed by atoms with Crippen LogP contribution in [0.4, 0.5) is 11.5 Å². The van der Waals surface area contributed by atoms with Gasteiger partial charge in [-0.2, -0.15) is 10.4 Å². The minimum atomic E-state index is -0.232. The highest BCUT2D eigenvalue weighted by Crippen LogP contribution is 2.43. The predicted molar refractivity (Wildman–Crippen MR) is 133 cm³/mol. The summed E-state index contributed by atoms with van der Waals surface area (Å²) < 4.78 is 7.26. The minimum absolute atomic E-state index is 0.00380. The first-order valence-electron chi connectivity index (χ1n) is 12.2. The van der Waals surface area contributed by atoms with Crippen LogP contribution in [0.5, 0.6) is 0 Å². The molecule has 0 unspecified atom stereocenters. The molecule has 0 radical (unpaired) electrons. The zero-order valence-corrected chi connectivity index (χ0v) is 20.1. The summed E-state index contributed by atoms with van der Waals surface area (Å²) in [6, 6.07) is 9.80. The van der Waals surface area contributed by atoms with Gasteiger partial charge >= 0.3 is 0 Å². The van der Waals surface area contributed by atoms with Crippen molar-refractivity contribution in [2.75, 3.05) is 25.6 Å². The van der Waals surface area contributed by atoms with E-state index in [0.29, 0.717) is 47.8 Å². The van der Waals surface area contributed by atoms with E-state index in [-0.39, 0.29) is 23.6 Å². The summed E-state index contributed by atoms with van der Waals surface area (Å²) in [4.78, 5) is 30.4. The molecule has 0 spiro atoms. The van der Waals surface area contributed by atoms with E-state index in [4.69, 9.17) is 9.84 Å². The van der Waals surface area contributed by atoms with Crippen molar-refractivity contribution in [2.45, 2.75) is 51.1 Å². The van der Waals surface area contributed by atoms with Gasteiger partial charge in [0.15, 0.2) is 5.82 Å². The Hall–Kier alpha value is -3.64. The number of aromatic amines is 1. The third-order valence-electron chi connectivity index (χ3n) is 7.19. The second-order valence-electron chi connectivity index (χ2n) is 9.54. The number of carbonyl (C=O) groups is 1. The molecule has 9 nitrogen and oxygen atoms in total. The summed E-state index contributed by atoms with van der Waals surface area (Å²) in [5.41, 5.74) is 2.72. The number of fused-ring (bicyclic) bond motifs is 1. The van der Waals surface area contributed by atoms with E-state index in [1.807, 2.05) is 47.8 Å². The molecule has 1 amide bonds. The number of nitriles is 1. The van der Waals surface area contributed by atoms with Crippen LogP contribution < -0.4 is 10.9 Å². The summed E-state index contributed by atoms with van der Waals surface area (Å²) in [5, 5.41) is 17.9. The van der Waals surface area contributed by atoms with E-state index in [9.17, 15) is 14.9 Å². The van der Waals surface area contributed by atoms with Gasteiger partial charge in [-0.25, -0.2) is 0 Å². The van der Waals surface area contributed by atoms with Crippen LogP contribution in [-0.4, -0.2) is 51.9 Å². The van der Waals surface area contributed by atoms with Gasteiger partial charge in [0.05, 0.1) is 24.0 Å². The van der Waals surface area contributed by atoms with Crippen molar-refractivity contribution in [3.63, 3.8) is 0 Å². The first-order valence-corrected chi connectivity index (χ1v) is 12.2. The highest BCUT2D eigenvalue weighted by Gasteiger charge is 2.34. The zero-order valence-electron chi connectivity index (χ0n) is 20.1. The van der Waals surface area contributed by atoms with Gasteiger partial charge in [-0.15, -0.1) is 0 Å². The lowest BCUT2D eigenvalue weighted by atomic mass is 10.0. The summed E-state index contributed by atoms with van der Waals surface area (Å²) in [6.07, 6.45) is 5.79. The van der Waals surface area contributed by atoms with Crippen molar-refractivity contribution in [1.82, 2.24) is 19.7 Å². The maximum atomic E-state index is 13.1. The Balaban J connectivity index is 1.43. The molecule has 1 atom stereocenters. The van der Waals surface area contributed by atoms with Crippen LogP contribution in [0, 0.1) is 24.2 Å². The zero-order chi connectivity index (χ0) is 24.5. The third-order valence-corrected chi connectivity index (χ3v) is 7.19. The summed E-state index contributed by atoms with van der Waals surface area (Å²) >= 11 is 0. The van der Waals surface area contributed by atoms with E-state index in [2.05, 4.69) is 16.4 Å². The normalized spacial score (nSPS) is 17.2. The maximum absolute atomic E-state index is 13.1. The van der Waals surface area contributed by atoms with Crippen LogP contribution in [-0.2, 0) is 4.74 Å². The fraction of sp³-hybridized carbons (Fsp3) is 0.462. The lowest BCUT2D eigenvalue weighted by Gasteiger charge is -2.31. The standard InChI is InChI=1S/C26H30N6O3/c1-16-15-18(5-6-20(16)26(34)31(2)19-9-13-35-14-10-19)29-24-23-22(8-12-28-25(23)33)32(30-24)21(7-11-27)17-3-4-17/h5-6,8,12,15,17,19,21H,3-4,7,9-10,13-14H2,1-2H3,(H,28,33)(H,29,30)/t21-/m0/s1. The first kappa shape index (κ1) is 23.1. The Kier molecular flexibility index (Phi) is 6.31. The number of rotatable bonds is 7. The lowest BCUT2D eigenvalue weighted by molar-refractivity contribution is 0.0361. The van der Waals surface area contributed by atoms with Gasteiger partial charge in [0.25, 0.3) is 11.5 Å². The van der Waals surface area contributed by atoms with Crippen LogP contribution in [0.2, 0.25) is 0 Å². The second kappa shape index (κ2) is 9.55. The molecular formula is C26H30N6O3. The van der Waals surface area contributed by atoms with Crippen LogP contribution >= 0.6 is 0 Å². The Bertz CT molecular complexity index is 1340. The van der Waals surface area contributed by atoms with Crippen molar-refractivity contribution in [3.05, 3.63) is 51.9 Å². The average molecular weight is 475 g/mol. The number of aromatic nitrogens is 3. The molecule has 1 saturated heterocycles. The van der Waals surface area contributed by atoms with Gasteiger partial charge in [-0.3, -0.25) is 14.3 Å². The van der Waals surface area contributed by atoms with Crippen molar-refractivity contribution >= 4 is 28.3 Å². The van der Waals surface area contributed by atoms with Crippen molar-refractivity contribution in [3.8, 4) is 6.07 Å². The quantitative estimate of drug-likeness (QED) is 0.537. The Morgan fingerprint density at radius 2 is 2.09 bits per heavy atom. The number of benzene rings is 1. The average Bonchev–Trinajstić information content (AvgIpc) is 3.64. The van der Waals surface area contributed by atoms with E-state index < -0.39 is 0 Å². The van der Waals surface area contributed by atoms with Crippen LogP contribution in [0.25, 0.3) is 10.9 Å². The van der Waals surface area contributed by atoms with Gasteiger partial charge in [0.1, 0.15) is 5.39 Å². The largest absolute Gasteiger partial charge is 0.381 e. The third kappa shape index (κ3) is 4.54. The molecule has 182 valence electrons. The number of pyridine rings is 1. The van der Waals surface area contributed by atoms with Crippen LogP contribution in [0.3, 0.4) is 0 Å². The molecule has 1 saturated carbocycles. The molecule has 35 heavy (non-hydrogen) atoms. The highest BCUT2D eigenvalue weighted by atomic mass is 16.5. The molecule has 9 heteroatoms. The molecule has 1 aliphatic heterocycles. The van der Waals surface area contributed by atoms with Crippen LogP contribution in [0.15, 0.2) is 35.3 Å². The van der Waals surface area contributed by atoms with Gasteiger partial charge in [0.2, 0.25) is 0 Å². The molecule has 1 aliphatic carbocycles. The number of hydrogen-bond acceptors (Lipinski definition) is 6. The fourth-order valence-electron chi connectivity index (χ4n) is 5.01. The fourth-order valence-corrected chi connectivity index (χ4v) is 5.01. The maximum Gasteiger partial charge on any atom is 0.261 e. The number of nitrogens with zero attached hydrogens (tertiary/aromatic N) is 4. The lowest BCUT2D eigenvalue weighted by Crippen LogP contribution is -2.40. The van der Waals surface area contributed by atoms with Gasteiger partial charge in [-0.1, -0.05) is 0 Å². The number of hydrogen-bond donors (Lipinski definition) is 2. The van der Waals surface area contributed by atoms with Crippen molar-refractivity contribution < 1.29 is 9.53 Å². The van der Waals surface area contributed by atoms with E-state index in [1.54, 1.807) is 6.20 Å². The summed E-state index contributed by atoms with van der Waals surface area (Å²) in [6.45, 7) is 3.27. The smallest absolute Gasteiger partial charge is 0.261 e. The minimum Gasteiger partial charge on any atom is -0.381 e. The molecule has 0 bridgehead atoms. The molecule has 2 aliphatic rings. The molecule has 3 aromatic rings. The number of ether oxygens (including phenoxy) is 1. The Morgan fingerprint density at radius 3 is 2.77 bits per heavy atom. The molecule has 2 fully saturated rings. The van der Waals surface area contributed by atoms with E-state index in [1.165, 1.54) is 0 Å². The van der Waals surface area contributed by atoms with Crippen molar-refractivity contribution in [1.29, 1.82) is 5.26 Å². The number of anilines is 2. The highest BCUT2D eigenvalue weighted by molar-refractivity contribution is 5.96. The molecule has 2 N–H and O–H groups in total. The van der Waals surface area contributed by atoms with E-state index in [0.717, 1.165) is 36.9 Å². The number of amides is 1. The SMILES string of the molecule is Cc1cc(Nc2nn([C@@H](CC#N)C3CC3)c3cc[nH]c(=O)c23)ccc1C(=O)N(C)C1CCOCC1. The molecule has 3 heterocycles. The Morgan fingerprint density at radius 1 is 1.31 bits per heavy atom. The number of carbonyl (C=O) groups excluding carboxylic acids is 1. The van der Waals surface area contributed by atoms with Gasteiger partial charge in [-0.05, 0) is 68.4 Å². The van der Waals surface area contributed by atoms with Gasteiger partial charge < -0.3 is 19.9 Å². The van der Waals surface area contributed by atoms with E-state index >= 15 is 0 Å². The number of H-pyrrole nitrogens is 1. The number of aryl methyl sites for hydroxylation is 1. The Labute approximate surface area is 203 Å². The monoisotopic (exact) mass is 474 g/mol. The van der Waals surface area contributed by atoms with Crippen molar-refractivity contribution in [2.24, 2.45) is 5.92 Å². The number of nitrogens with one attached hydrogen (secondary N) is 2. The first-order chi connectivity index (χ1) is 17.0. The molecule has 1 aromatic carbocycles. The summed E-state index contributed by atoms with van der Waals surface area (Å²) in [7, 11) is 1.85.